The fraction of sp³-hybridized carbons (Fsp3) is 0.364. The van der Waals surface area contributed by atoms with E-state index in [0.717, 1.165) is 0 Å². The van der Waals surface area contributed by atoms with Crippen LogP contribution in [0.5, 0.6) is 5.75 Å². The fourth-order valence-corrected chi connectivity index (χ4v) is 1.58. The molecule has 0 aliphatic rings. The fourth-order valence-electron chi connectivity index (χ4n) is 1.37. The van der Waals surface area contributed by atoms with Gasteiger partial charge in [0.25, 0.3) is 0 Å². The molecule has 0 unspecified atom stereocenters. The number of nitrogens with zero attached hydrogens (tertiary/aromatic N) is 1. The van der Waals surface area contributed by atoms with Gasteiger partial charge in [0.15, 0.2) is 11.4 Å². The lowest BCUT2D eigenvalue weighted by molar-refractivity contribution is 0.112. The van der Waals surface area contributed by atoms with Crippen LogP contribution in [0.3, 0.4) is 0 Å². The Kier molecular flexibility index (Phi) is 5.47. The van der Waals surface area contributed by atoms with Crippen molar-refractivity contribution >= 4 is 23.6 Å². The third-order valence-electron chi connectivity index (χ3n) is 2.31. The van der Waals surface area contributed by atoms with Crippen LogP contribution in [0.4, 0.5) is 0 Å². The Bertz CT molecular complexity index is 451. The van der Waals surface area contributed by atoms with Crippen molar-refractivity contribution < 1.29 is 9.90 Å². The van der Waals surface area contributed by atoms with Gasteiger partial charge in [0, 0.05) is 30.4 Å². The minimum Gasteiger partial charge on any atom is -0.506 e. The number of carbonyl (C=O) groups excluding carboxylic acids is 1. The van der Waals surface area contributed by atoms with Crippen molar-refractivity contribution in [3.05, 3.63) is 23.0 Å². The first kappa shape index (κ1) is 14.3. The summed E-state index contributed by atoms with van der Waals surface area (Å²) < 4.78 is 0. The van der Waals surface area contributed by atoms with Crippen molar-refractivity contribution in [3.8, 4) is 5.75 Å². The molecule has 1 rings (SSSR count). The average molecular weight is 268 g/mol. The normalized spacial score (nSPS) is 9.89. The lowest BCUT2D eigenvalue weighted by Gasteiger charge is -2.13. The van der Waals surface area contributed by atoms with Crippen molar-refractivity contribution in [1.29, 1.82) is 0 Å². The maximum Gasteiger partial charge on any atom is 0.180 e. The molecule has 0 fully saturated rings. The number of thiocarbonyl (C=S) groups is 1. The number of hydrogen-bond acceptors (Lipinski definition) is 5. The Balaban J connectivity index is 2.69. The molecule has 0 radical (unpaired) electrons. The topological polar surface area (TPSA) is 86.3 Å². The molecule has 0 atom stereocenters. The van der Waals surface area contributed by atoms with Gasteiger partial charge in [0.05, 0.1) is 5.69 Å². The number of nitrogens with one attached hydrogen (secondary N) is 3. The maximum atomic E-state index is 10.9. The second kappa shape index (κ2) is 6.87. The van der Waals surface area contributed by atoms with Crippen LogP contribution in [0.2, 0.25) is 0 Å². The third kappa shape index (κ3) is 3.64. The van der Waals surface area contributed by atoms with E-state index in [0.29, 0.717) is 34.8 Å². The molecule has 0 amide bonds. The van der Waals surface area contributed by atoms with Gasteiger partial charge in [-0.1, -0.05) is 0 Å². The molecule has 1 aromatic rings. The first-order valence-corrected chi connectivity index (χ1v) is 5.90. The Morgan fingerprint density at radius 1 is 1.61 bits per heavy atom. The van der Waals surface area contributed by atoms with E-state index in [4.69, 9.17) is 12.2 Å². The Morgan fingerprint density at radius 2 is 2.33 bits per heavy atom. The first-order valence-electron chi connectivity index (χ1n) is 5.49. The molecule has 0 aromatic carbocycles. The maximum absolute atomic E-state index is 10.9. The minimum absolute atomic E-state index is 0.0169. The second-order valence-corrected chi connectivity index (χ2v) is 3.99. The molecular weight excluding hydrogens is 252 g/mol. The van der Waals surface area contributed by atoms with E-state index >= 15 is 0 Å². The zero-order valence-electron chi connectivity index (χ0n) is 10.3. The van der Waals surface area contributed by atoms with Crippen molar-refractivity contribution in [3.63, 3.8) is 0 Å². The number of aldehydes is 1. The van der Waals surface area contributed by atoms with Crippen molar-refractivity contribution in [2.24, 2.45) is 0 Å². The number of aromatic nitrogens is 1. The van der Waals surface area contributed by atoms with E-state index in [1.54, 1.807) is 6.92 Å². The van der Waals surface area contributed by atoms with Crippen molar-refractivity contribution in [1.82, 2.24) is 21.2 Å². The first-order chi connectivity index (χ1) is 8.60. The molecule has 0 saturated carbocycles. The highest BCUT2D eigenvalue weighted by Crippen LogP contribution is 2.22. The molecule has 0 bridgehead atoms. The highest BCUT2D eigenvalue weighted by molar-refractivity contribution is 7.80. The number of pyridine rings is 1. The van der Waals surface area contributed by atoms with E-state index < -0.39 is 0 Å². The number of aryl methyl sites for hydroxylation is 1. The molecule has 0 saturated heterocycles. The zero-order valence-corrected chi connectivity index (χ0v) is 11.1. The Morgan fingerprint density at radius 3 is 2.94 bits per heavy atom. The minimum atomic E-state index is 0.0169. The SMILES string of the molecule is CCNC(=S)NNCc1c(C=O)cnc(C)c1O. The van der Waals surface area contributed by atoms with E-state index in [-0.39, 0.29) is 12.3 Å². The summed E-state index contributed by atoms with van der Waals surface area (Å²) in [5.74, 6) is 0.0169. The van der Waals surface area contributed by atoms with Crippen LogP contribution in [0, 0.1) is 6.92 Å². The molecule has 18 heavy (non-hydrogen) atoms. The van der Waals surface area contributed by atoms with Gasteiger partial charge in [-0.15, -0.1) is 0 Å². The number of carbonyl (C=O) groups is 1. The second-order valence-electron chi connectivity index (χ2n) is 3.58. The number of aromatic hydroxyl groups is 1. The van der Waals surface area contributed by atoms with Gasteiger partial charge in [-0.05, 0) is 26.1 Å². The Hall–Kier alpha value is -1.73. The van der Waals surface area contributed by atoms with Gasteiger partial charge >= 0.3 is 0 Å². The molecule has 98 valence electrons. The van der Waals surface area contributed by atoms with Crippen molar-refractivity contribution in [2.45, 2.75) is 20.4 Å². The standard InChI is InChI=1S/C11H16N4O2S/c1-3-12-11(18)15-14-5-9-8(6-16)4-13-7(2)10(9)17/h4,6,14,17H,3,5H2,1-2H3,(H2,12,15,18). The van der Waals surface area contributed by atoms with Gasteiger partial charge in [-0.25, -0.2) is 5.43 Å². The number of rotatable bonds is 5. The average Bonchev–Trinajstić information content (AvgIpc) is 2.35. The van der Waals surface area contributed by atoms with Crippen LogP contribution < -0.4 is 16.2 Å². The molecular formula is C11H16N4O2S. The lowest BCUT2D eigenvalue weighted by Crippen LogP contribution is -2.43. The third-order valence-corrected chi connectivity index (χ3v) is 2.55. The summed E-state index contributed by atoms with van der Waals surface area (Å²) in [6.45, 7) is 4.57. The molecule has 1 heterocycles. The van der Waals surface area contributed by atoms with Crippen molar-refractivity contribution in [2.75, 3.05) is 6.54 Å². The zero-order chi connectivity index (χ0) is 13.5. The molecule has 7 heteroatoms. The van der Waals surface area contributed by atoms with Crippen LogP contribution in [0.25, 0.3) is 0 Å². The molecule has 1 aromatic heterocycles. The van der Waals surface area contributed by atoms with Crippen LogP contribution in [-0.2, 0) is 6.54 Å². The smallest absolute Gasteiger partial charge is 0.180 e. The monoisotopic (exact) mass is 268 g/mol. The van der Waals surface area contributed by atoms with E-state index in [2.05, 4.69) is 21.2 Å². The summed E-state index contributed by atoms with van der Waals surface area (Å²) >= 11 is 4.96. The Labute approximate surface area is 111 Å². The largest absolute Gasteiger partial charge is 0.506 e. The summed E-state index contributed by atoms with van der Waals surface area (Å²) in [4.78, 5) is 14.8. The molecule has 6 nitrogen and oxygen atoms in total. The highest BCUT2D eigenvalue weighted by Gasteiger charge is 2.10. The van der Waals surface area contributed by atoms with Gasteiger partial charge in [-0.2, -0.15) is 0 Å². The molecule has 4 N–H and O–H groups in total. The van der Waals surface area contributed by atoms with Gasteiger partial charge in [-0.3, -0.25) is 15.2 Å². The molecule has 0 aliphatic carbocycles. The van der Waals surface area contributed by atoms with Gasteiger partial charge < -0.3 is 10.4 Å². The van der Waals surface area contributed by atoms with E-state index in [9.17, 15) is 9.90 Å². The summed E-state index contributed by atoms with van der Waals surface area (Å²) in [5.41, 5.74) is 6.90. The summed E-state index contributed by atoms with van der Waals surface area (Å²) in [6.07, 6.45) is 2.09. The summed E-state index contributed by atoms with van der Waals surface area (Å²) in [5, 5.41) is 13.2. The molecule has 0 spiro atoms. The van der Waals surface area contributed by atoms with Gasteiger partial charge in [0.2, 0.25) is 0 Å². The number of hydrazine groups is 1. The van der Waals surface area contributed by atoms with Crippen LogP contribution in [0.15, 0.2) is 6.20 Å². The van der Waals surface area contributed by atoms with Crippen LogP contribution >= 0.6 is 12.2 Å². The van der Waals surface area contributed by atoms with Gasteiger partial charge in [0.1, 0.15) is 5.75 Å². The predicted octanol–water partition coefficient (Wildman–Crippen LogP) is 0.397. The molecule has 0 aliphatic heterocycles. The van der Waals surface area contributed by atoms with E-state index in [1.165, 1.54) is 6.20 Å². The van der Waals surface area contributed by atoms with Crippen LogP contribution in [-0.4, -0.2) is 28.0 Å². The lowest BCUT2D eigenvalue weighted by atomic mass is 10.1. The number of hydrogen-bond donors (Lipinski definition) is 4. The summed E-state index contributed by atoms with van der Waals surface area (Å²) in [6, 6.07) is 0. The quantitative estimate of drug-likeness (QED) is 0.349. The summed E-state index contributed by atoms with van der Waals surface area (Å²) in [7, 11) is 0. The van der Waals surface area contributed by atoms with E-state index in [1.807, 2.05) is 6.92 Å². The van der Waals surface area contributed by atoms with Crippen LogP contribution in [0.1, 0.15) is 28.5 Å². The highest BCUT2D eigenvalue weighted by atomic mass is 32.1. The predicted molar refractivity (Wildman–Crippen MR) is 72.3 cm³/mol.